The van der Waals surface area contributed by atoms with Gasteiger partial charge in [0.25, 0.3) is 0 Å². The van der Waals surface area contributed by atoms with Crippen molar-refractivity contribution in [2.45, 2.75) is 6.92 Å². The van der Waals surface area contributed by atoms with Crippen molar-refractivity contribution in [2.24, 2.45) is 0 Å². The molecule has 0 spiro atoms. The Kier molecular flexibility index (Phi) is 3.63. The summed E-state index contributed by atoms with van der Waals surface area (Å²) in [5.74, 6) is 0. The van der Waals surface area contributed by atoms with Crippen LogP contribution in [0.5, 0.6) is 0 Å². The van der Waals surface area contributed by atoms with Crippen LogP contribution in [0.4, 0.5) is 0 Å². The zero-order valence-electron chi connectivity index (χ0n) is 15.2. The molecule has 0 atom stereocenters. The molecule has 28 heavy (non-hydrogen) atoms. The van der Waals surface area contributed by atoms with Crippen LogP contribution in [0.3, 0.4) is 0 Å². The number of aromatic nitrogens is 4. The maximum atomic E-state index is 9.29. The second kappa shape index (κ2) is 6.29. The van der Waals surface area contributed by atoms with Gasteiger partial charge in [0, 0.05) is 35.1 Å². The molecule has 0 bridgehead atoms. The Bertz CT molecular complexity index is 1390. The lowest BCUT2D eigenvalue weighted by molar-refractivity contribution is 0.941. The normalized spacial score (nSPS) is 11.0. The minimum absolute atomic E-state index is 0.669. The van der Waals surface area contributed by atoms with E-state index in [4.69, 9.17) is 0 Å². The SMILES string of the molecule is Cc1ccc(-c2cnc3c(-c4cccc5ncccc45)cnn3c2)cc1C#N. The van der Waals surface area contributed by atoms with E-state index in [0.29, 0.717) is 5.56 Å². The zero-order chi connectivity index (χ0) is 19.1. The van der Waals surface area contributed by atoms with E-state index in [1.807, 2.05) is 61.9 Å². The molecule has 5 rings (SSSR count). The van der Waals surface area contributed by atoms with E-state index in [9.17, 15) is 5.26 Å². The van der Waals surface area contributed by atoms with Crippen molar-refractivity contribution in [2.75, 3.05) is 0 Å². The van der Waals surface area contributed by atoms with E-state index in [1.165, 1.54) is 0 Å². The zero-order valence-corrected chi connectivity index (χ0v) is 15.2. The highest BCUT2D eigenvalue weighted by atomic mass is 15.2. The molecule has 5 nitrogen and oxygen atoms in total. The molecule has 0 saturated heterocycles. The lowest BCUT2D eigenvalue weighted by atomic mass is 10.0. The number of hydrogen-bond acceptors (Lipinski definition) is 4. The van der Waals surface area contributed by atoms with E-state index in [-0.39, 0.29) is 0 Å². The Morgan fingerprint density at radius 2 is 1.86 bits per heavy atom. The molecule has 0 N–H and O–H groups in total. The fourth-order valence-corrected chi connectivity index (χ4v) is 3.47. The fourth-order valence-electron chi connectivity index (χ4n) is 3.47. The second-order valence-electron chi connectivity index (χ2n) is 6.69. The average molecular weight is 361 g/mol. The Morgan fingerprint density at radius 1 is 0.929 bits per heavy atom. The highest BCUT2D eigenvalue weighted by Crippen LogP contribution is 2.31. The van der Waals surface area contributed by atoms with Crippen LogP contribution in [0, 0.1) is 18.3 Å². The lowest BCUT2D eigenvalue weighted by Gasteiger charge is -2.06. The van der Waals surface area contributed by atoms with Crippen molar-refractivity contribution in [3.8, 4) is 28.3 Å². The van der Waals surface area contributed by atoms with Gasteiger partial charge in [-0.05, 0) is 41.8 Å². The summed E-state index contributed by atoms with van der Waals surface area (Å²) in [5, 5.41) is 14.9. The van der Waals surface area contributed by atoms with Crippen molar-refractivity contribution < 1.29 is 0 Å². The maximum Gasteiger partial charge on any atom is 0.162 e. The Labute approximate surface area is 161 Å². The Morgan fingerprint density at radius 3 is 2.75 bits per heavy atom. The van der Waals surface area contributed by atoms with Gasteiger partial charge in [-0.3, -0.25) is 4.98 Å². The predicted molar refractivity (Wildman–Crippen MR) is 109 cm³/mol. The second-order valence-corrected chi connectivity index (χ2v) is 6.69. The smallest absolute Gasteiger partial charge is 0.162 e. The van der Waals surface area contributed by atoms with Crippen molar-refractivity contribution in [1.29, 1.82) is 5.26 Å². The molecule has 0 unspecified atom stereocenters. The van der Waals surface area contributed by atoms with Gasteiger partial charge in [-0.25, -0.2) is 9.50 Å². The Hall–Kier alpha value is -4.04. The average Bonchev–Trinajstić information content (AvgIpc) is 3.16. The highest BCUT2D eigenvalue weighted by Gasteiger charge is 2.12. The van der Waals surface area contributed by atoms with Crippen molar-refractivity contribution in [3.05, 3.63) is 84.4 Å². The number of nitriles is 1. The van der Waals surface area contributed by atoms with Gasteiger partial charge in [0.1, 0.15) is 0 Å². The first-order valence-corrected chi connectivity index (χ1v) is 8.93. The van der Waals surface area contributed by atoms with Gasteiger partial charge < -0.3 is 0 Å². The van der Waals surface area contributed by atoms with Gasteiger partial charge in [-0.2, -0.15) is 10.4 Å². The standard InChI is InChI=1S/C23H15N5/c1-15-7-8-16(10-17(15)11-24)18-12-26-23-21(13-27-28(23)14-18)19-4-2-6-22-20(19)5-3-9-25-22/h2-10,12-14H,1H3. The first-order chi connectivity index (χ1) is 13.7. The molecule has 3 heterocycles. The van der Waals surface area contributed by atoms with Crippen molar-refractivity contribution >= 4 is 16.6 Å². The lowest BCUT2D eigenvalue weighted by Crippen LogP contribution is -1.93. The van der Waals surface area contributed by atoms with E-state index in [0.717, 1.165) is 44.4 Å². The fraction of sp³-hybridized carbons (Fsp3) is 0.0435. The third-order valence-electron chi connectivity index (χ3n) is 4.98. The van der Waals surface area contributed by atoms with Crippen LogP contribution in [-0.2, 0) is 0 Å². The number of benzene rings is 2. The highest BCUT2D eigenvalue weighted by molar-refractivity contribution is 5.97. The number of pyridine rings is 1. The molecule has 3 aromatic heterocycles. The van der Waals surface area contributed by atoms with Gasteiger partial charge in [0.15, 0.2) is 5.65 Å². The molecule has 2 aromatic carbocycles. The van der Waals surface area contributed by atoms with Crippen LogP contribution >= 0.6 is 0 Å². The monoisotopic (exact) mass is 361 g/mol. The number of aryl methyl sites for hydroxylation is 1. The molecule has 5 heteroatoms. The Balaban J connectivity index is 1.66. The van der Waals surface area contributed by atoms with E-state index in [1.54, 1.807) is 10.7 Å². The van der Waals surface area contributed by atoms with Crippen molar-refractivity contribution in [3.63, 3.8) is 0 Å². The molecule has 0 amide bonds. The van der Waals surface area contributed by atoms with E-state index < -0.39 is 0 Å². The minimum Gasteiger partial charge on any atom is -0.256 e. The summed E-state index contributed by atoms with van der Waals surface area (Å²) in [6.07, 6.45) is 7.41. The molecule has 0 aliphatic heterocycles. The van der Waals surface area contributed by atoms with Crippen LogP contribution < -0.4 is 0 Å². The third-order valence-corrected chi connectivity index (χ3v) is 4.98. The summed E-state index contributed by atoms with van der Waals surface area (Å²) in [7, 11) is 0. The van der Waals surface area contributed by atoms with E-state index >= 15 is 0 Å². The number of hydrogen-bond donors (Lipinski definition) is 0. The number of rotatable bonds is 2. The van der Waals surface area contributed by atoms with Crippen LogP contribution in [0.2, 0.25) is 0 Å². The molecule has 0 aliphatic rings. The summed E-state index contributed by atoms with van der Waals surface area (Å²) in [6.45, 7) is 1.93. The molecular weight excluding hydrogens is 346 g/mol. The third kappa shape index (κ3) is 2.51. The summed E-state index contributed by atoms with van der Waals surface area (Å²) in [5.41, 5.74) is 7.25. The molecule has 0 radical (unpaired) electrons. The van der Waals surface area contributed by atoms with Crippen molar-refractivity contribution in [1.82, 2.24) is 19.6 Å². The van der Waals surface area contributed by atoms with E-state index in [2.05, 4.69) is 33.3 Å². The molecular formula is C23H15N5. The topological polar surface area (TPSA) is 66.9 Å². The minimum atomic E-state index is 0.669. The molecule has 5 aromatic rings. The first kappa shape index (κ1) is 16.2. The van der Waals surface area contributed by atoms with Crippen LogP contribution in [0.1, 0.15) is 11.1 Å². The molecule has 0 saturated carbocycles. The summed E-state index contributed by atoms with van der Waals surface area (Å²) < 4.78 is 1.78. The number of nitrogens with zero attached hydrogens (tertiary/aromatic N) is 5. The van der Waals surface area contributed by atoms with Crippen LogP contribution in [0.15, 0.2) is 73.3 Å². The predicted octanol–water partition coefficient (Wildman–Crippen LogP) is 4.79. The quantitative estimate of drug-likeness (QED) is 0.453. The molecule has 0 aliphatic carbocycles. The van der Waals surface area contributed by atoms with Gasteiger partial charge in [0.2, 0.25) is 0 Å². The number of fused-ring (bicyclic) bond motifs is 2. The van der Waals surface area contributed by atoms with Gasteiger partial charge in [0.05, 0.1) is 23.3 Å². The molecule has 132 valence electrons. The first-order valence-electron chi connectivity index (χ1n) is 8.93. The van der Waals surface area contributed by atoms with Gasteiger partial charge in [-0.15, -0.1) is 0 Å². The maximum absolute atomic E-state index is 9.29. The van der Waals surface area contributed by atoms with Gasteiger partial charge >= 0.3 is 0 Å². The molecule has 0 fully saturated rings. The van der Waals surface area contributed by atoms with Gasteiger partial charge in [-0.1, -0.05) is 30.3 Å². The van der Waals surface area contributed by atoms with Crippen LogP contribution in [0.25, 0.3) is 38.8 Å². The summed E-state index contributed by atoms with van der Waals surface area (Å²) in [4.78, 5) is 9.11. The van der Waals surface area contributed by atoms with Crippen LogP contribution in [-0.4, -0.2) is 19.6 Å². The summed E-state index contributed by atoms with van der Waals surface area (Å²) in [6, 6.07) is 18.1. The summed E-state index contributed by atoms with van der Waals surface area (Å²) >= 11 is 0. The largest absolute Gasteiger partial charge is 0.256 e.